The van der Waals surface area contributed by atoms with E-state index >= 15 is 0 Å². The van der Waals surface area contributed by atoms with Gasteiger partial charge in [0.2, 0.25) is 0 Å². The first-order valence-electron chi connectivity index (χ1n) is 5.16. The van der Waals surface area contributed by atoms with E-state index in [4.69, 9.17) is 15.2 Å². The van der Waals surface area contributed by atoms with Gasteiger partial charge >= 0.3 is 5.97 Å². The van der Waals surface area contributed by atoms with Gasteiger partial charge in [-0.15, -0.1) is 0 Å². The Balaban J connectivity index is 3.45. The van der Waals surface area contributed by atoms with Crippen LogP contribution in [0.5, 0.6) is 11.5 Å². The van der Waals surface area contributed by atoms with Crippen molar-refractivity contribution in [1.82, 2.24) is 0 Å². The Hall–Kier alpha value is -2.08. The second-order valence-corrected chi connectivity index (χ2v) is 3.38. The highest BCUT2D eigenvalue weighted by atomic mass is 16.5. The monoisotopic (exact) mass is 253 g/mol. The van der Waals surface area contributed by atoms with Crippen LogP contribution in [0.1, 0.15) is 20.7 Å². The molecule has 0 saturated carbocycles. The predicted molar refractivity (Wildman–Crippen MR) is 64.3 cm³/mol. The van der Waals surface area contributed by atoms with Crippen LogP contribution in [0.25, 0.3) is 0 Å². The average molecular weight is 253 g/mol. The maximum atomic E-state index is 11.7. The van der Waals surface area contributed by atoms with E-state index in [1.165, 1.54) is 33.5 Å². The third-order valence-electron chi connectivity index (χ3n) is 2.39. The first-order chi connectivity index (χ1) is 8.58. The number of rotatable bonds is 5. The molecular formula is C12H15NO5. The summed E-state index contributed by atoms with van der Waals surface area (Å²) in [6.45, 7) is -0.190. The first kappa shape index (κ1) is 14.0. The van der Waals surface area contributed by atoms with Gasteiger partial charge in [0.15, 0.2) is 17.3 Å². The molecule has 0 amide bonds. The highest BCUT2D eigenvalue weighted by Crippen LogP contribution is 2.33. The quantitative estimate of drug-likeness (QED) is 0.611. The minimum absolute atomic E-state index is 0.190. The Morgan fingerprint density at radius 2 is 1.83 bits per heavy atom. The zero-order chi connectivity index (χ0) is 13.7. The number of carbonyl (C=O) groups is 2. The maximum absolute atomic E-state index is 11.7. The summed E-state index contributed by atoms with van der Waals surface area (Å²) < 4.78 is 14.8. The van der Waals surface area contributed by atoms with Crippen LogP contribution < -0.4 is 15.2 Å². The van der Waals surface area contributed by atoms with Gasteiger partial charge in [0, 0.05) is 0 Å². The van der Waals surface area contributed by atoms with Crippen LogP contribution in [-0.2, 0) is 4.74 Å². The van der Waals surface area contributed by atoms with Crippen LogP contribution in [0.4, 0.5) is 0 Å². The van der Waals surface area contributed by atoms with Gasteiger partial charge in [0.1, 0.15) is 0 Å². The van der Waals surface area contributed by atoms with Crippen molar-refractivity contribution in [3.05, 3.63) is 23.3 Å². The lowest BCUT2D eigenvalue weighted by Crippen LogP contribution is -2.16. The van der Waals surface area contributed by atoms with Crippen molar-refractivity contribution in [3.63, 3.8) is 0 Å². The smallest absolute Gasteiger partial charge is 0.338 e. The molecule has 0 aliphatic carbocycles. The molecule has 1 aromatic carbocycles. The minimum Gasteiger partial charge on any atom is -0.493 e. The number of esters is 1. The molecule has 0 aromatic heterocycles. The van der Waals surface area contributed by atoms with Crippen LogP contribution in [-0.4, -0.2) is 39.6 Å². The molecular weight excluding hydrogens is 238 g/mol. The highest BCUT2D eigenvalue weighted by molar-refractivity contribution is 6.03. The number of carbonyl (C=O) groups excluding carboxylic acids is 2. The SMILES string of the molecule is COC(=O)c1cc(OC)c(OC)c(C(=O)CN)c1. The van der Waals surface area contributed by atoms with Crippen molar-refractivity contribution < 1.29 is 23.8 Å². The number of Topliss-reactive ketones (excluding diaryl/α,β-unsaturated/α-hetero) is 1. The van der Waals surface area contributed by atoms with Crippen LogP contribution in [0.2, 0.25) is 0 Å². The molecule has 0 heterocycles. The zero-order valence-electron chi connectivity index (χ0n) is 10.5. The van der Waals surface area contributed by atoms with Crippen LogP contribution >= 0.6 is 0 Å². The van der Waals surface area contributed by atoms with Gasteiger partial charge in [0.05, 0.1) is 39.0 Å². The van der Waals surface area contributed by atoms with E-state index in [0.717, 1.165) is 0 Å². The molecule has 0 atom stereocenters. The molecule has 0 radical (unpaired) electrons. The Morgan fingerprint density at radius 1 is 1.17 bits per heavy atom. The fraction of sp³-hybridized carbons (Fsp3) is 0.333. The molecule has 0 fully saturated rings. The van der Waals surface area contributed by atoms with Crippen LogP contribution in [0.3, 0.4) is 0 Å². The largest absolute Gasteiger partial charge is 0.493 e. The lowest BCUT2D eigenvalue weighted by atomic mass is 10.0. The molecule has 0 saturated heterocycles. The zero-order valence-corrected chi connectivity index (χ0v) is 10.5. The van der Waals surface area contributed by atoms with Gasteiger partial charge in [-0.05, 0) is 12.1 Å². The molecule has 2 N–H and O–H groups in total. The topological polar surface area (TPSA) is 87.9 Å². The molecule has 0 unspecified atom stereocenters. The number of ether oxygens (including phenoxy) is 3. The molecule has 0 aliphatic rings. The average Bonchev–Trinajstić information content (AvgIpc) is 2.43. The standard InChI is InChI=1S/C12H15NO5/c1-16-10-5-7(12(15)18-3)4-8(9(14)6-13)11(10)17-2/h4-5H,6,13H2,1-3H3. The lowest BCUT2D eigenvalue weighted by molar-refractivity contribution is 0.0600. The third-order valence-corrected chi connectivity index (χ3v) is 2.39. The van der Waals surface area contributed by atoms with Crippen molar-refractivity contribution >= 4 is 11.8 Å². The molecule has 6 heteroatoms. The van der Waals surface area contributed by atoms with E-state index in [9.17, 15) is 9.59 Å². The van der Waals surface area contributed by atoms with E-state index in [1.54, 1.807) is 0 Å². The van der Waals surface area contributed by atoms with Gasteiger partial charge in [-0.1, -0.05) is 0 Å². The Morgan fingerprint density at radius 3 is 2.28 bits per heavy atom. The number of hydrogen-bond acceptors (Lipinski definition) is 6. The lowest BCUT2D eigenvalue weighted by Gasteiger charge is -2.13. The number of nitrogens with two attached hydrogens (primary N) is 1. The number of ketones is 1. The summed E-state index contributed by atoms with van der Waals surface area (Å²) in [6.07, 6.45) is 0. The van der Waals surface area contributed by atoms with Crippen molar-refractivity contribution in [2.75, 3.05) is 27.9 Å². The summed E-state index contributed by atoms with van der Waals surface area (Å²) in [5, 5.41) is 0. The molecule has 1 rings (SSSR count). The van der Waals surface area contributed by atoms with E-state index in [2.05, 4.69) is 4.74 Å². The van der Waals surface area contributed by atoms with Gasteiger partial charge in [-0.2, -0.15) is 0 Å². The summed E-state index contributed by atoms with van der Waals surface area (Å²) in [4.78, 5) is 23.2. The van der Waals surface area contributed by atoms with Gasteiger partial charge < -0.3 is 19.9 Å². The third kappa shape index (κ3) is 2.60. The second-order valence-electron chi connectivity index (χ2n) is 3.38. The molecule has 0 aliphatic heterocycles. The summed E-state index contributed by atoms with van der Waals surface area (Å²) >= 11 is 0. The van der Waals surface area contributed by atoms with Gasteiger partial charge in [0.25, 0.3) is 0 Å². The first-order valence-corrected chi connectivity index (χ1v) is 5.16. The maximum Gasteiger partial charge on any atom is 0.338 e. The normalized spacial score (nSPS) is 9.78. The van der Waals surface area contributed by atoms with E-state index < -0.39 is 5.97 Å². The Bertz CT molecular complexity index is 470. The Labute approximate surface area is 105 Å². The van der Waals surface area contributed by atoms with Crippen LogP contribution in [0.15, 0.2) is 12.1 Å². The van der Waals surface area contributed by atoms with Crippen LogP contribution in [0, 0.1) is 0 Å². The molecule has 98 valence electrons. The molecule has 18 heavy (non-hydrogen) atoms. The summed E-state index contributed by atoms with van der Waals surface area (Å²) in [6, 6.07) is 2.82. The number of methoxy groups -OCH3 is 3. The fourth-order valence-electron chi connectivity index (χ4n) is 1.52. The number of hydrogen-bond donors (Lipinski definition) is 1. The summed E-state index contributed by atoms with van der Waals surface area (Å²) in [5.74, 6) is -0.393. The van der Waals surface area contributed by atoms with Crippen molar-refractivity contribution in [2.24, 2.45) is 5.73 Å². The predicted octanol–water partition coefficient (Wildman–Crippen LogP) is 0.632. The van der Waals surface area contributed by atoms with E-state index in [-0.39, 0.29) is 35.0 Å². The molecule has 6 nitrogen and oxygen atoms in total. The second kappa shape index (κ2) is 6.02. The van der Waals surface area contributed by atoms with Gasteiger partial charge in [-0.25, -0.2) is 4.79 Å². The summed E-state index contributed by atoms with van der Waals surface area (Å²) in [7, 11) is 4.07. The van der Waals surface area contributed by atoms with E-state index in [1.807, 2.05) is 0 Å². The fourth-order valence-corrected chi connectivity index (χ4v) is 1.52. The number of benzene rings is 1. The minimum atomic E-state index is -0.568. The van der Waals surface area contributed by atoms with Crippen molar-refractivity contribution in [1.29, 1.82) is 0 Å². The molecule has 0 spiro atoms. The van der Waals surface area contributed by atoms with Gasteiger partial charge in [-0.3, -0.25) is 4.79 Å². The molecule has 0 bridgehead atoms. The molecule has 1 aromatic rings. The summed E-state index contributed by atoms with van der Waals surface area (Å²) in [5.41, 5.74) is 5.71. The Kier molecular flexibility index (Phi) is 4.67. The van der Waals surface area contributed by atoms with Crippen molar-refractivity contribution in [2.45, 2.75) is 0 Å². The highest BCUT2D eigenvalue weighted by Gasteiger charge is 2.20. The van der Waals surface area contributed by atoms with Crippen molar-refractivity contribution in [3.8, 4) is 11.5 Å². The van der Waals surface area contributed by atoms with E-state index in [0.29, 0.717) is 0 Å².